The van der Waals surface area contributed by atoms with Crippen molar-refractivity contribution < 1.29 is 9.90 Å². The van der Waals surface area contributed by atoms with Crippen LogP contribution in [0.1, 0.15) is 12.5 Å². The third kappa shape index (κ3) is 2.32. The zero-order valence-corrected chi connectivity index (χ0v) is 6.74. The van der Waals surface area contributed by atoms with Gasteiger partial charge in [-0.3, -0.25) is 9.78 Å². The Balaban J connectivity index is 2.79. The Kier molecular flexibility index (Phi) is 2.76. The molecule has 1 aromatic heterocycles. The topological polar surface area (TPSA) is 62.2 Å². The molecule has 0 radical (unpaired) electrons. The minimum atomic E-state index is -0.146. The first-order valence-corrected chi connectivity index (χ1v) is 3.55. The molecular weight excluding hydrogens is 156 g/mol. The Morgan fingerprint density at radius 3 is 3.00 bits per heavy atom. The SMILES string of the molecule is CC(=O)Nc1cncc(CO)c1. The van der Waals surface area contributed by atoms with Crippen LogP contribution in [0.5, 0.6) is 0 Å². The third-order valence-corrected chi connectivity index (χ3v) is 1.30. The summed E-state index contributed by atoms with van der Waals surface area (Å²) < 4.78 is 0. The van der Waals surface area contributed by atoms with Crippen LogP contribution in [0.2, 0.25) is 0 Å². The van der Waals surface area contributed by atoms with Gasteiger partial charge in [-0.05, 0) is 11.6 Å². The summed E-state index contributed by atoms with van der Waals surface area (Å²) in [6, 6.07) is 1.67. The molecule has 4 nitrogen and oxygen atoms in total. The van der Waals surface area contributed by atoms with Crippen LogP contribution in [0.15, 0.2) is 18.5 Å². The van der Waals surface area contributed by atoms with Crippen LogP contribution in [0, 0.1) is 0 Å². The van der Waals surface area contributed by atoms with Crippen molar-refractivity contribution in [3.8, 4) is 0 Å². The van der Waals surface area contributed by atoms with Crippen molar-refractivity contribution in [2.24, 2.45) is 0 Å². The number of hydrogen-bond donors (Lipinski definition) is 2. The molecule has 0 bridgehead atoms. The lowest BCUT2D eigenvalue weighted by Crippen LogP contribution is -2.06. The van der Waals surface area contributed by atoms with Gasteiger partial charge in [-0.1, -0.05) is 0 Å². The monoisotopic (exact) mass is 166 g/mol. The summed E-state index contributed by atoms with van der Waals surface area (Å²) in [5.41, 5.74) is 1.29. The summed E-state index contributed by atoms with van der Waals surface area (Å²) in [5.74, 6) is -0.146. The van der Waals surface area contributed by atoms with Crippen molar-refractivity contribution in [1.82, 2.24) is 4.98 Å². The van der Waals surface area contributed by atoms with Crippen molar-refractivity contribution in [1.29, 1.82) is 0 Å². The number of amides is 1. The Bertz CT molecular complexity index is 286. The maximum atomic E-state index is 10.6. The number of carbonyl (C=O) groups is 1. The molecule has 0 aromatic carbocycles. The summed E-state index contributed by atoms with van der Waals surface area (Å²) in [5, 5.41) is 11.3. The maximum absolute atomic E-state index is 10.6. The zero-order valence-electron chi connectivity index (χ0n) is 6.74. The molecule has 0 saturated carbocycles. The number of anilines is 1. The standard InChI is InChI=1S/C8H10N2O2/c1-6(12)10-8-2-7(5-11)3-9-4-8/h2-4,11H,5H2,1H3,(H,10,12). The number of rotatable bonds is 2. The molecule has 0 unspecified atom stereocenters. The highest BCUT2D eigenvalue weighted by Gasteiger charge is 1.96. The highest BCUT2D eigenvalue weighted by Crippen LogP contribution is 2.07. The van der Waals surface area contributed by atoms with Gasteiger partial charge < -0.3 is 10.4 Å². The van der Waals surface area contributed by atoms with E-state index >= 15 is 0 Å². The summed E-state index contributed by atoms with van der Waals surface area (Å²) in [6.45, 7) is 1.35. The molecule has 1 rings (SSSR count). The van der Waals surface area contributed by atoms with E-state index in [4.69, 9.17) is 5.11 Å². The quantitative estimate of drug-likeness (QED) is 0.673. The Hall–Kier alpha value is -1.42. The van der Waals surface area contributed by atoms with Crippen LogP contribution in [0.3, 0.4) is 0 Å². The van der Waals surface area contributed by atoms with Gasteiger partial charge in [0.1, 0.15) is 0 Å². The van der Waals surface area contributed by atoms with Gasteiger partial charge in [-0.15, -0.1) is 0 Å². The molecule has 0 aliphatic rings. The number of carbonyl (C=O) groups excluding carboxylic acids is 1. The fourth-order valence-corrected chi connectivity index (χ4v) is 0.846. The Morgan fingerprint density at radius 2 is 2.42 bits per heavy atom. The average molecular weight is 166 g/mol. The molecule has 64 valence electrons. The zero-order chi connectivity index (χ0) is 8.97. The Labute approximate surface area is 70.3 Å². The molecule has 1 aromatic rings. The van der Waals surface area contributed by atoms with Crippen molar-refractivity contribution in [3.63, 3.8) is 0 Å². The molecule has 0 aliphatic heterocycles. The van der Waals surface area contributed by atoms with Crippen LogP contribution in [-0.2, 0) is 11.4 Å². The van der Waals surface area contributed by atoms with Crippen LogP contribution in [0.4, 0.5) is 5.69 Å². The molecule has 0 spiro atoms. The molecular formula is C8H10N2O2. The molecule has 1 heterocycles. The first-order valence-electron chi connectivity index (χ1n) is 3.55. The first kappa shape index (κ1) is 8.67. The van der Waals surface area contributed by atoms with Gasteiger partial charge in [0.05, 0.1) is 18.5 Å². The van der Waals surface area contributed by atoms with E-state index in [1.54, 1.807) is 12.3 Å². The molecule has 1 amide bonds. The van der Waals surface area contributed by atoms with Gasteiger partial charge in [0.2, 0.25) is 5.91 Å². The van der Waals surface area contributed by atoms with E-state index in [0.717, 1.165) is 0 Å². The van der Waals surface area contributed by atoms with E-state index in [-0.39, 0.29) is 12.5 Å². The van der Waals surface area contributed by atoms with Crippen LogP contribution in [0.25, 0.3) is 0 Å². The van der Waals surface area contributed by atoms with Crippen LogP contribution >= 0.6 is 0 Å². The molecule has 0 atom stereocenters. The third-order valence-electron chi connectivity index (χ3n) is 1.30. The van der Waals surface area contributed by atoms with E-state index < -0.39 is 0 Å². The van der Waals surface area contributed by atoms with E-state index in [9.17, 15) is 4.79 Å². The summed E-state index contributed by atoms with van der Waals surface area (Å²) in [4.78, 5) is 14.4. The first-order chi connectivity index (χ1) is 5.72. The second kappa shape index (κ2) is 3.82. The summed E-state index contributed by atoms with van der Waals surface area (Å²) in [7, 11) is 0. The Morgan fingerprint density at radius 1 is 1.67 bits per heavy atom. The molecule has 0 saturated heterocycles. The van der Waals surface area contributed by atoms with Gasteiger partial charge in [0.25, 0.3) is 0 Å². The second-order valence-electron chi connectivity index (χ2n) is 2.42. The van der Waals surface area contributed by atoms with Crippen molar-refractivity contribution >= 4 is 11.6 Å². The predicted octanol–water partition coefficient (Wildman–Crippen LogP) is 0.532. The van der Waals surface area contributed by atoms with Gasteiger partial charge >= 0.3 is 0 Å². The number of aromatic nitrogens is 1. The van der Waals surface area contributed by atoms with Gasteiger partial charge in [-0.2, -0.15) is 0 Å². The van der Waals surface area contributed by atoms with E-state index in [1.165, 1.54) is 13.1 Å². The minimum Gasteiger partial charge on any atom is -0.392 e. The molecule has 4 heteroatoms. The lowest BCUT2D eigenvalue weighted by molar-refractivity contribution is -0.114. The largest absolute Gasteiger partial charge is 0.392 e. The molecule has 0 fully saturated rings. The normalized spacial score (nSPS) is 9.50. The smallest absolute Gasteiger partial charge is 0.221 e. The van der Waals surface area contributed by atoms with Crippen molar-refractivity contribution in [3.05, 3.63) is 24.0 Å². The van der Waals surface area contributed by atoms with Gasteiger partial charge in [0, 0.05) is 13.1 Å². The molecule has 12 heavy (non-hydrogen) atoms. The fourth-order valence-electron chi connectivity index (χ4n) is 0.846. The average Bonchev–Trinajstić information content (AvgIpc) is 2.03. The minimum absolute atomic E-state index is 0.0690. The number of nitrogens with zero attached hydrogens (tertiary/aromatic N) is 1. The van der Waals surface area contributed by atoms with E-state index in [1.807, 2.05) is 0 Å². The van der Waals surface area contributed by atoms with E-state index in [0.29, 0.717) is 11.3 Å². The van der Waals surface area contributed by atoms with Gasteiger partial charge in [-0.25, -0.2) is 0 Å². The number of aliphatic hydroxyl groups is 1. The lowest BCUT2D eigenvalue weighted by atomic mass is 10.3. The fraction of sp³-hybridized carbons (Fsp3) is 0.250. The summed E-state index contributed by atoms with van der Waals surface area (Å²) >= 11 is 0. The van der Waals surface area contributed by atoms with E-state index in [2.05, 4.69) is 10.3 Å². The molecule has 0 aliphatic carbocycles. The van der Waals surface area contributed by atoms with Crippen LogP contribution in [-0.4, -0.2) is 16.0 Å². The van der Waals surface area contributed by atoms with Crippen LogP contribution < -0.4 is 5.32 Å². The molecule has 2 N–H and O–H groups in total. The van der Waals surface area contributed by atoms with Crippen molar-refractivity contribution in [2.75, 3.05) is 5.32 Å². The van der Waals surface area contributed by atoms with Gasteiger partial charge in [0.15, 0.2) is 0 Å². The maximum Gasteiger partial charge on any atom is 0.221 e. The number of nitrogens with one attached hydrogen (secondary N) is 1. The van der Waals surface area contributed by atoms with Crippen molar-refractivity contribution in [2.45, 2.75) is 13.5 Å². The lowest BCUT2D eigenvalue weighted by Gasteiger charge is -2.01. The number of pyridine rings is 1. The second-order valence-corrected chi connectivity index (χ2v) is 2.42. The summed E-state index contributed by atoms with van der Waals surface area (Å²) in [6.07, 6.45) is 3.08. The highest BCUT2D eigenvalue weighted by atomic mass is 16.3. The predicted molar refractivity (Wildman–Crippen MR) is 44.5 cm³/mol. The number of hydrogen-bond acceptors (Lipinski definition) is 3. The highest BCUT2D eigenvalue weighted by molar-refractivity contribution is 5.88. The number of aliphatic hydroxyl groups excluding tert-OH is 1.